The van der Waals surface area contributed by atoms with Crippen LogP contribution in [0.3, 0.4) is 0 Å². The zero-order valence-corrected chi connectivity index (χ0v) is 29.2. The van der Waals surface area contributed by atoms with Crippen LogP contribution in [-0.4, -0.2) is 23.0 Å². The maximum Gasteiger partial charge on any atom is 0.272 e. The van der Waals surface area contributed by atoms with Gasteiger partial charge in [0.05, 0.1) is 5.25 Å². The molecule has 0 aliphatic rings. The number of hydrogen-bond acceptors (Lipinski definition) is 5. The lowest BCUT2D eigenvalue weighted by molar-refractivity contribution is -0.116. The van der Waals surface area contributed by atoms with E-state index in [2.05, 4.69) is 29.8 Å². The normalized spacial score (nSPS) is 11.8. The molecule has 1 unspecified atom stereocenters. The van der Waals surface area contributed by atoms with Crippen molar-refractivity contribution in [3.63, 3.8) is 0 Å². The summed E-state index contributed by atoms with van der Waals surface area (Å²) in [5.41, 5.74) is 4.76. The second kappa shape index (κ2) is 17.7. The predicted octanol–water partition coefficient (Wildman–Crippen LogP) is 9.31. The molecule has 8 heteroatoms. The first-order valence-electron chi connectivity index (χ1n) is 16.6. The number of ether oxygens (including phenoxy) is 1. The summed E-state index contributed by atoms with van der Waals surface area (Å²) in [5.74, 6) is 0.109. The summed E-state index contributed by atoms with van der Waals surface area (Å²) in [5, 5.41) is 8.40. The van der Waals surface area contributed by atoms with E-state index >= 15 is 0 Å². The average Bonchev–Trinajstić information content (AvgIpc) is 3.14. The van der Waals surface area contributed by atoms with Crippen LogP contribution in [0.5, 0.6) is 5.75 Å². The van der Waals surface area contributed by atoms with Gasteiger partial charge in [0.25, 0.3) is 11.8 Å². The number of rotatable bonds is 14. The Morgan fingerprint density at radius 2 is 1.42 bits per heavy atom. The molecule has 50 heavy (non-hydrogen) atoms. The van der Waals surface area contributed by atoms with Crippen LogP contribution < -0.4 is 20.7 Å². The lowest BCUT2D eigenvalue weighted by Crippen LogP contribution is -2.30. The highest BCUT2D eigenvalue weighted by molar-refractivity contribution is 8.00. The van der Waals surface area contributed by atoms with E-state index in [-0.39, 0.29) is 16.9 Å². The highest BCUT2D eigenvalue weighted by atomic mass is 32.2. The van der Waals surface area contributed by atoms with Crippen LogP contribution in [0.15, 0.2) is 144 Å². The molecular formula is C42H41N3O4S. The molecule has 3 N–H and O–H groups in total. The fourth-order valence-corrected chi connectivity index (χ4v) is 6.03. The smallest absolute Gasteiger partial charge is 0.272 e. The number of benzene rings is 5. The summed E-state index contributed by atoms with van der Waals surface area (Å²) < 4.78 is 5.91. The number of anilines is 2. The summed E-state index contributed by atoms with van der Waals surface area (Å²) >= 11 is 1.43. The van der Waals surface area contributed by atoms with Gasteiger partial charge in [0.2, 0.25) is 5.91 Å². The second-order valence-corrected chi connectivity index (χ2v) is 13.3. The maximum atomic E-state index is 13.7. The number of amides is 3. The van der Waals surface area contributed by atoms with Crippen molar-refractivity contribution in [3.05, 3.63) is 161 Å². The van der Waals surface area contributed by atoms with E-state index in [4.69, 9.17) is 4.74 Å². The zero-order valence-electron chi connectivity index (χ0n) is 28.4. The van der Waals surface area contributed by atoms with Crippen LogP contribution in [0.4, 0.5) is 11.4 Å². The Bertz CT molecular complexity index is 1910. The summed E-state index contributed by atoms with van der Waals surface area (Å²) in [6.45, 7) is 6.67. The van der Waals surface area contributed by atoms with Gasteiger partial charge < -0.3 is 20.7 Å². The minimum absolute atomic E-state index is 0.0733. The Kier molecular flexibility index (Phi) is 12.6. The Morgan fingerprint density at radius 3 is 2.08 bits per heavy atom. The molecular weight excluding hydrogens is 643 g/mol. The lowest BCUT2D eigenvalue weighted by atomic mass is 10.0. The van der Waals surface area contributed by atoms with E-state index in [0.29, 0.717) is 41.5 Å². The summed E-state index contributed by atoms with van der Waals surface area (Å²) in [4.78, 5) is 40.8. The van der Waals surface area contributed by atoms with Crippen LogP contribution in [-0.2, 0) is 16.2 Å². The molecule has 0 fully saturated rings. The molecule has 0 aromatic heterocycles. The summed E-state index contributed by atoms with van der Waals surface area (Å²) in [6.07, 6.45) is 2.24. The molecule has 0 radical (unpaired) electrons. The van der Waals surface area contributed by atoms with E-state index in [9.17, 15) is 14.4 Å². The number of nitrogens with one attached hydrogen (secondary N) is 3. The third kappa shape index (κ3) is 10.4. The number of carbonyl (C=O) groups is 3. The molecule has 5 rings (SSSR count). The SMILES string of the molecule is CCC(Sc1cccc(NC(=O)/C(=C/c2ccc(OCc3ccccc3)cc2)NC(=O)c2ccccc2)c1)C(=O)Nc1ccc(C(C)C)cc1. The van der Waals surface area contributed by atoms with Crippen LogP contribution in [0, 0.1) is 0 Å². The Morgan fingerprint density at radius 1 is 0.740 bits per heavy atom. The first kappa shape index (κ1) is 35.7. The Balaban J connectivity index is 1.28. The monoisotopic (exact) mass is 683 g/mol. The first-order valence-corrected chi connectivity index (χ1v) is 17.5. The first-order chi connectivity index (χ1) is 24.3. The molecule has 0 aliphatic carbocycles. The van der Waals surface area contributed by atoms with Gasteiger partial charge in [-0.05, 0) is 89.7 Å². The van der Waals surface area contributed by atoms with Gasteiger partial charge in [-0.15, -0.1) is 11.8 Å². The Hall–Kier alpha value is -5.60. The molecule has 254 valence electrons. The average molecular weight is 684 g/mol. The second-order valence-electron chi connectivity index (χ2n) is 12.0. The highest BCUT2D eigenvalue weighted by Crippen LogP contribution is 2.29. The van der Waals surface area contributed by atoms with Gasteiger partial charge >= 0.3 is 0 Å². The van der Waals surface area contributed by atoms with Crippen molar-refractivity contribution in [1.29, 1.82) is 0 Å². The van der Waals surface area contributed by atoms with E-state index in [1.165, 1.54) is 17.3 Å². The van der Waals surface area contributed by atoms with Crippen molar-refractivity contribution in [2.75, 3.05) is 10.6 Å². The third-order valence-electron chi connectivity index (χ3n) is 7.85. The van der Waals surface area contributed by atoms with Crippen LogP contribution in [0.1, 0.15) is 60.2 Å². The largest absolute Gasteiger partial charge is 0.489 e. The fraction of sp³-hybridized carbons (Fsp3) is 0.167. The van der Waals surface area contributed by atoms with E-state index in [1.54, 1.807) is 36.4 Å². The van der Waals surface area contributed by atoms with E-state index in [0.717, 1.165) is 16.1 Å². The van der Waals surface area contributed by atoms with Crippen molar-refractivity contribution in [1.82, 2.24) is 5.32 Å². The third-order valence-corrected chi connectivity index (χ3v) is 9.20. The van der Waals surface area contributed by atoms with E-state index < -0.39 is 11.8 Å². The van der Waals surface area contributed by atoms with Gasteiger partial charge in [-0.2, -0.15) is 0 Å². The molecule has 0 spiro atoms. The molecule has 0 saturated carbocycles. The Labute approximate surface area is 298 Å². The number of hydrogen-bond donors (Lipinski definition) is 3. The maximum absolute atomic E-state index is 13.7. The van der Waals surface area contributed by atoms with Crippen molar-refractivity contribution in [2.45, 2.75) is 49.9 Å². The van der Waals surface area contributed by atoms with Crippen LogP contribution in [0.2, 0.25) is 0 Å². The van der Waals surface area contributed by atoms with Crippen molar-refractivity contribution >= 4 is 46.9 Å². The molecule has 0 aliphatic heterocycles. The van der Waals surface area contributed by atoms with Gasteiger partial charge in [-0.1, -0.05) is 99.6 Å². The number of thioether (sulfide) groups is 1. The van der Waals surface area contributed by atoms with Crippen molar-refractivity contribution in [2.24, 2.45) is 0 Å². The van der Waals surface area contributed by atoms with Gasteiger partial charge in [0, 0.05) is 21.8 Å². The summed E-state index contributed by atoms with van der Waals surface area (Å²) in [6, 6.07) is 41.2. The zero-order chi connectivity index (χ0) is 35.3. The van der Waals surface area contributed by atoms with Gasteiger partial charge in [0.15, 0.2) is 0 Å². The lowest BCUT2D eigenvalue weighted by Gasteiger charge is -2.16. The quantitative estimate of drug-likeness (QED) is 0.0801. The summed E-state index contributed by atoms with van der Waals surface area (Å²) in [7, 11) is 0. The minimum Gasteiger partial charge on any atom is -0.489 e. The molecule has 0 bridgehead atoms. The molecule has 7 nitrogen and oxygen atoms in total. The van der Waals surface area contributed by atoms with Gasteiger partial charge in [-0.25, -0.2) is 0 Å². The van der Waals surface area contributed by atoms with Crippen molar-refractivity contribution in [3.8, 4) is 5.75 Å². The topological polar surface area (TPSA) is 96.5 Å². The standard InChI is InChI=1S/C42H41N3O4S/c1-4-39(42(48)43-34-22-20-32(21-23-34)29(2)3)50-37-17-11-16-35(27-37)44-41(47)38(45-40(46)33-14-9-6-10-15-33)26-30-18-24-36(25-19-30)49-28-31-12-7-5-8-13-31/h5-27,29,39H,4,28H2,1-3H3,(H,43,48)(H,44,47)(H,45,46)/b38-26-. The fourth-order valence-electron chi connectivity index (χ4n) is 5.02. The van der Waals surface area contributed by atoms with Crippen molar-refractivity contribution < 1.29 is 19.1 Å². The van der Waals surface area contributed by atoms with Gasteiger partial charge in [-0.3, -0.25) is 14.4 Å². The number of carbonyl (C=O) groups excluding carboxylic acids is 3. The molecule has 0 saturated heterocycles. The highest BCUT2D eigenvalue weighted by Gasteiger charge is 2.20. The van der Waals surface area contributed by atoms with Crippen LogP contribution in [0.25, 0.3) is 6.08 Å². The molecule has 1 atom stereocenters. The predicted molar refractivity (Wildman–Crippen MR) is 203 cm³/mol. The molecule has 5 aromatic rings. The molecule has 5 aromatic carbocycles. The van der Waals surface area contributed by atoms with Crippen LogP contribution >= 0.6 is 11.8 Å². The minimum atomic E-state index is -0.490. The van der Waals surface area contributed by atoms with E-state index in [1.807, 2.05) is 110 Å². The molecule has 3 amide bonds. The molecule has 0 heterocycles. The van der Waals surface area contributed by atoms with Gasteiger partial charge in [0.1, 0.15) is 18.1 Å².